The number of fused-ring (bicyclic) bond motifs is 4. The van der Waals surface area contributed by atoms with Crippen molar-refractivity contribution in [2.24, 2.45) is 0 Å². The van der Waals surface area contributed by atoms with Gasteiger partial charge in [0.1, 0.15) is 11.9 Å². The second kappa shape index (κ2) is 7.37. The van der Waals surface area contributed by atoms with Gasteiger partial charge in [-0.1, -0.05) is 66.7 Å². The number of carbonyl (C=O) groups is 1. The number of hydrogen-bond acceptors (Lipinski definition) is 3. The van der Waals surface area contributed by atoms with Gasteiger partial charge in [0, 0.05) is 18.7 Å². The standard InChI is InChI=1S/C25H24N2O2/c1-17-14-27(15-18-8-2-7-13-23(18)29-17)16-24(28)26-25-21-11-5-3-9-19(21)20-10-4-6-12-22(20)25/h2-13,17,25H,14-16H2,1H3,(H,26,28). The third kappa shape index (κ3) is 3.40. The monoisotopic (exact) mass is 384 g/mol. The van der Waals surface area contributed by atoms with Crippen LogP contribution >= 0.6 is 0 Å². The zero-order chi connectivity index (χ0) is 19.8. The van der Waals surface area contributed by atoms with Gasteiger partial charge in [-0.2, -0.15) is 0 Å². The van der Waals surface area contributed by atoms with Crippen LogP contribution in [0.2, 0.25) is 0 Å². The van der Waals surface area contributed by atoms with E-state index in [4.69, 9.17) is 4.74 Å². The molecule has 0 fully saturated rings. The Labute approximate surface area is 171 Å². The van der Waals surface area contributed by atoms with E-state index in [9.17, 15) is 4.79 Å². The van der Waals surface area contributed by atoms with Gasteiger partial charge in [0.15, 0.2) is 0 Å². The normalized spacial score (nSPS) is 18.2. The van der Waals surface area contributed by atoms with Crippen LogP contribution in [0, 0.1) is 0 Å². The van der Waals surface area contributed by atoms with Crippen LogP contribution in [0.25, 0.3) is 11.1 Å². The Kier molecular flexibility index (Phi) is 4.57. The zero-order valence-electron chi connectivity index (χ0n) is 16.5. The molecule has 2 aliphatic rings. The Balaban J connectivity index is 1.35. The number of ether oxygens (including phenoxy) is 1. The van der Waals surface area contributed by atoms with Crippen LogP contribution in [0.15, 0.2) is 72.8 Å². The number of rotatable bonds is 3. The number of carbonyl (C=O) groups excluding carboxylic acids is 1. The Morgan fingerprint density at radius 1 is 0.966 bits per heavy atom. The highest BCUT2D eigenvalue weighted by molar-refractivity contribution is 5.84. The molecule has 0 spiro atoms. The lowest BCUT2D eigenvalue weighted by Gasteiger charge is -2.23. The Morgan fingerprint density at radius 2 is 1.59 bits per heavy atom. The van der Waals surface area contributed by atoms with E-state index < -0.39 is 0 Å². The summed E-state index contributed by atoms with van der Waals surface area (Å²) in [5.74, 6) is 0.953. The first-order valence-electron chi connectivity index (χ1n) is 10.1. The van der Waals surface area contributed by atoms with Crippen LogP contribution < -0.4 is 10.1 Å². The molecular formula is C25H24N2O2. The summed E-state index contributed by atoms with van der Waals surface area (Å²) in [5.41, 5.74) is 5.87. The van der Waals surface area contributed by atoms with Crippen LogP contribution in [-0.2, 0) is 11.3 Å². The first-order chi connectivity index (χ1) is 14.2. The van der Waals surface area contributed by atoms with Crippen LogP contribution in [0.3, 0.4) is 0 Å². The summed E-state index contributed by atoms with van der Waals surface area (Å²) < 4.78 is 6.02. The minimum atomic E-state index is -0.0946. The molecule has 146 valence electrons. The molecule has 1 aliphatic heterocycles. The Hall–Kier alpha value is -3.11. The van der Waals surface area contributed by atoms with Crippen LogP contribution in [-0.4, -0.2) is 30.0 Å². The molecule has 0 saturated heterocycles. The molecule has 4 heteroatoms. The molecule has 1 unspecified atom stereocenters. The molecule has 1 aliphatic carbocycles. The SMILES string of the molecule is CC1CN(CC(=O)NC2c3ccccc3-c3ccccc32)Cc2ccccc2O1. The molecule has 0 radical (unpaired) electrons. The molecule has 0 bridgehead atoms. The van der Waals surface area contributed by atoms with Crippen molar-refractivity contribution < 1.29 is 9.53 Å². The van der Waals surface area contributed by atoms with Crippen molar-refractivity contribution in [3.63, 3.8) is 0 Å². The maximum absolute atomic E-state index is 13.0. The molecule has 1 atom stereocenters. The summed E-state index contributed by atoms with van der Waals surface area (Å²) >= 11 is 0. The fourth-order valence-corrected chi connectivity index (χ4v) is 4.51. The van der Waals surface area contributed by atoms with Gasteiger partial charge in [0.25, 0.3) is 0 Å². The molecule has 4 nitrogen and oxygen atoms in total. The predicted molar refractivity (Wildman–Crippen MR) is 114 cm³/mol. The lowest BCUT2D eigenvalue weighted by atomic mass is 10.1. The fraction of sp³-hybridized carbons (Fsp3) is 0.240. The summed E-state index contributed by atoms with van der Waals surface area (Å²) in [6, 6.07) is 24.6. The average molecular weight is 384 g/mol. The van der Waals surface area contributed by atoms with Crippen molar-refractivity contribution in [3.8, 4) is 16.9 Å². The number of hydrogen-bond donors (Lipinski definition) is 1. The topological polar surface area (TPSA) is 41.6 Å². The Morgan fingerprint density at radius 3 is 2.31 bits per heavy atom. The van der Waals surface area contributed by atoms with E-state index in [1.165, 1.54) is 22.3 Å². The van der Waals surface area contributed by atoms with E-state index in [1.807, 2.05) is 30.3 Å². The first kappa shape index (κ1) is 18.0. The summed E-state index contributed by atoms with van der Waals surface area (Å²) in [7, 11) is 0. The highest BCUT2D eigenvalue weighted by atomic mass is 16.5. The van der Waals surface area contributed by atoms with Crippen molar-refractivity contribution in [3.05, 3.63) is 89.5 Å². The van der Waals surface area contributed by atoms with Gasteiger partial charge < -0.3 is 10.1 Å². The molecule has 1 N–H and O–H groups in total. The average Bonchev–Trinajstić information content (AvgIpc) is 2.93. The van der Waals surface area contributed by atoms with Crippen molar-refractivity contribution in [1.29, 1.82) is 0 Å². The molecule has 3 aromatic rings. The van der Waals surface area contributed by atoms with Crippen molar-refractivity contribution in [1.82, 2.24) is 10.2 Å². The van der Waals surface area contributed by atoms with E-state index >= 15 is 0 Å². The summed E-state index contributed by atoms with van der Waals surface area (Å²) in [6.07, 6.45) is 0.0411. The minimum Gasteiger partial charge on any atom is -0.489 e. The number of benzene rings is 3. The van der Waals surface area contributed by atoms with Gasteiger partial charge in [-0.15, -0.1) is 0 Å². The fourth-order valence-electron chi connectivity index (χ4n) is 4.51. The van der Waals surface area contributed by atoms with Crippen LogP contribution in [0.4, 0.5) is 0 Å². The van der Waals surface area contributed by atoms with Crippen molar-refractivity contribution in [2.45, 2.75) is 25.6 Å². The van der Waals surface area contributed by atoms with Gasteiger partial charge in [-0.3, -0.25) is 9.69 Å². The van der Waals surface area contributed by atoms with Gasteiger partial charge in [-0.05, 0) is 35.2 Å². The predicted octanol–water partition coefficient (Wildman–Crippen LogP) is 4.16. The highest BCUT2D eigenvalue weighted by Gasteiger charge is 2.30. The van der Waals surface area contributed by atoms with E-state index in [0.717, 1.165) is 17.9 Å². The van der Waals surface area contributed by atoms with Crippen LogP contribution in [0.5, 0.6) is 5.75 Å². The molecule has 0 aromatic heterocycles. The van der Waals surface area contributed by atoms with E-state index in [2.05, 4.69) is 59.6 Å². The second-order valence-corrected chi connectivity index (χ2v) is 7.88. The largest absolute Gasteiger partial charge is 0.489 e. The quantitative estimate of drug-likeness (QED) is 0.737. The van der Waals surface area contributed by atoms with E-state index in [0.29, 0.717) is 13.1 Å². The molecule has 0 saturated carbocycles. The number of nitrogens with zero attached hydrogens (tertiary/aromatic N) is 1. The van der Waals surface area contributed by atoms with E-state index in [1.54, 1.807) is 0 Å². The molecule has 29 heavy (non-hydrogen) atoms. The number of nitrogens with one attached hydrogen (secondary N) is 1. The maximum atomic E-state index is 13.0. The van der Waals surface area contributed by atoms with Gasteiger partial charge in [0.2, 0.25) is 5.91 Å². The Bertz CT molecular complexity index is 1020. The van der Waals surface area contributed by atoms with Gasteiger partial charge in [-0.25, -0.2) is 0 Å². The number of amides is 1. The van der Waals surface area contributed by atoms with Crippen LogP contribution in [0.1, 0.15) is 29.7 Å². The van der Waals surface area contributed by atoms with Crippen molar-refractivity contribution in [2.75, 3.05) is 13.1 Å². The maximum Gasteiger partial charge on any atom is 0.234 e. The summed E-state index contributed by atoms with van der Waals surface area (Å²) in [6.45, 7) is 3.84. The van der Waals surface area contributed by atoms with Gasteiger partial charge >= 0.3 is 0 Å². The second-order valence-electron chi connectivity index (χ2n) is 7.88. The minimum absolute atomic E-state index is 0.0353. The third-order valence-electron chi connectivity index (χ3n) is 5.72. The van der Waals surface area contributed by atoms with E-state index in [-0.39, 0.29) is 18.1 Å². The lowest BCUT2D eigenvalue weighted by molar-refractivity contribution is -0.123. The summed E-state index contributed by atoms with van der Waals surface area (Å²) in [4.78, 5) is 15.2. The number of para-hydroxylation sites is 1. The molecular weight excluding hydrogens is 360 g/mol. The first-order valence-corrected chi connectivity index (χ1v) is 10.1. The van der Waals surface area contributed by atoms with Crippen molar-refractivity contribution >= 4 is 5.91 Å². The molecule has 1 heterocycles. The molecule has 1 amide bonds. The summed E-state index contributed by atoms with van der Waals surface area (Å²) in [5, 5.41) is 3.28. The lowest BCUT2D eigenvalue weighted by Crippen LogP contribution is -2.41. The highest BCUT2D eigenvalue weighted by Crippen LogP contribution is 2.42. The third-order valence-corrected chi connectivity index (χ3v) is 5.72. The molecule has 5 rings (SSSR count). The zero-order valence-corrected chi connectivity index (χ0v) is 16.5. The van der Waals surface area contributed by atoms with Gasteiger partial charge in [0.05, 0.1) is 12.6 Å². The molecule has 3 aromatic carbocycles. The smallest absolute Gasteiger partial charge is 0.234 e.